The van der Waals surface area contributed by atoms with E-state index in [1.807, 2.05) is 20.8 Å². The summed E-state index contributed by atoms with van der Waals surface area (Å²) in [5.41, 5.74) is -0.615. The van der Waals surface area contributed by atoms with Gasteiger partial charge in [-0.3, -0.25) is 9.51 Å². The normalized spacial score (nSPS) is 18.0. The van der Waals surface area contributed by atoms with E-state index in [0.29, 0.717) is 18.8 Å². The number of aromatic nitrogens is 2. The van der Waals surface area contributed by atoms with E-state index < -0.39 is 17.5 Å². The van der Waals surface area contributed by atoms with Crippen LogP contribution in [0.1, 0.15) is 58.7 Å². The molecule has 1 heterocycles. The van der Waals surface area contributed by atoms with Gasteiger partial charge in [-0.1, -0.05) is 24.4 Å². The van der Waals surface area contributed by atoms with Crippen LogP contribution < -0.4 is 11.1 Å². The number of carbonyl (C=O) groups excluding carboxylic acids is 1. The average molecular weight is 311 g/mol. The molecule has 0 bridgehead atoms. The first-order valence-electron chi connectivity index (χ1n) is 7.80. The molecular weight excluding hydrogens is 286 g/mol. The molecule has 0 radical (unpaired) electrons. The van der Waals surface area contributed by atoms with Crippen molar-refractivity contribution in [1.29, 1.82) is 0 Å². The number of aromatic amines is 1. The molecule has 1 amide bonds. The van der Waals surface area contributed by atoms with E-state index in [1.54, 1.807) is 0 Å². The smallest absolute Gasteiger partial charge is 0.438 e. The maximum absolute atomic E-state index is 11.9. The second-order valence-electron chi connectivity index (χ2n) is 7.13. The average Bonchev–Trinajstić information content (AvgIpc) is 2.81. The van der Waals surface area contributed by atoms with E-state index in [0.717, 1.165) is 25.7 Å². The van der Waals surface area contributed by atoms with E-state index >= 15 is 0 Å². The predicted octanol–water partition coefficient (Wildman–Crippen LogP) is 2.38. The maximum atomic E-state index is 11.9. The fraction of sp³-hybridized carbons (Fsp3) is 0.800. The van der Waals surface area contributed by atoms with Gasteiger partial charge in [-0.05, 0) is 39.0 Å². The SMILES string of the molecule is CC(C)(C)OC(=O)NCC1(Cc2noc(=O)[nH]2)CCCCC1. The van der Waals surface area contributed by atoms with Crippen molar-refractivity contribution in [3.05, 3.63) is 16.4 Å². The number of H-pyrrole nitrogens is 1. The number of rotatable bonds is 4. The summed E-state index contributed by atoms with van der Waals surface area (Å²) in [5, 5.41) is 6.62. The van der Waals surface area contributed by atoms with Crippen molar-refractivity contribution in [1.82, 2.24) is 15.5 Å². The first-order chi connectivity index (χ1) is 10.3. The highest BCUT2D eigenvalue weighted by Gasteiger charge is 2.34. The lowest BCUT2D eigenvalue weighted by Crippen LogP contribution is -2.42. The third kappa shape index (κ3) is 4.89. The van der Waals surface area contributed by atoms with Crippen molar-refractivity contribution in [3.8, 4) is 0 Å². The largest absolute Gasteiger partial charge is 0.444 e. The van der Waals surface area contributed by atoms with Gasteiger partial charge in [0.15, 0.2) is 5.82 Å². The van der Waals surface area contributed by atoms with Crippen LogP contribution in [0.2, 0.25) is 0 Å². The Hall–Kier alpha value is -1.79. The number of hydrogen-bond acceptors (Lipinski definition) is 5. The molecule has 0 spiro atoms. The Bertz CT molecular complexity index is 550. The number of ether oxygens (including phenoxy) is 1. The van der Waals surface area contributed by atoms with Crippen LogP contribution in [0.4, 0.5) is 4.79 Å². The minimum absolute atomic E-state index is 0.102. The topological polar surface area (TPSA) is 97.2 Å². The monoisotopic (exact) mass is 311 g/mol. The van der Waals surface area contributed by atoms with Gasteiger partial charge in [0.1, 0.15) is 5.60 Å². The van der Waals surface area contributed by atoms with Crippen molar-refractivity contribution in [2.45, 2.75) is 64.9 Å². The molecule has 0 unspecified atom stereocenters. The molecule has 7 heteroatoms. The van der Waals surface area contributed by atoms with Gasteiger partial charge < -0.3 is 10.1 Å². The molecule has 1 aliphatic rings. The lowest BCUT2D eigenvalue weighted by Gasteiger charge is -2.36. The van der Waals surface area contributed by atoms with Crippen molar-refractivity contribution < 1.29 is 14.1 Å². The van der Waals surface area contributed by atoms with E-state index in [2.05, 4.69) is 20.0 Å². The molecule has 22 heavy (non-hydrogen) atoms. The van der Waals surface area contributed by atoms with Crippen LogP contribution >= 0.6 is 0 Å². The minimum Gasteiger partial charge on any atom is -0.444 e. The minimum atomic E-state index is -0.541. The summed E-state index contributed by atoms with van der Waals surface area (Å²) in [5.74, 6) is -0.000973. The van der Waals surface area contributed by atoms with E-state index in [9.17, 15) is 9.59 Å². The second-order valence-corrected chi connectivity index (χ2v) is 7.13. The quantitative estimate of drug-likeness (QED) is 0.889. The van der Waals surface area contributed by atoms with Gasteiger partial charge in [-0.15, -0.1) is 0 Å². The van der Waals surface area contributed by atoms with Gasteiger partial charge >= 0.3 is 11.8 Å². The summed E-state index contributed by atoms with van der Waals surface area (Å²) in [6.07, 6.45) is 5.56. The molecule has 2 rings (SSSR count). The van der Waals surface area contributed by atoms with Crippen LogP contribution in [-0.2, 0) is 11.2 Å². The zero-order valence-corrected chi connectivity index (χ0v) is 13.5. The molecule has 2 N–H and O–H groups in total. The van der Waals surface area contributed by atoms with Gasteiger partial charge in [0.2, 0.25) is 0 Å². The highest BCUT2D eigenvalue weighted by atomic mass is 16.6. The molecule has 124 valence electrons. The Balaban J connectivity index is 1.99. The lowest BCUT2D eigenvalue weighted by atomic mass is 9.71. The summed E-state index contributed by atoms with van der Waals surface area (Å²) in [7, 11) is 0. The number of alkyl carbamates (subject to hydrolysis) is 1. The molecule has 1 aromatic rings. The highest BCUT2D eigenvalue weighted by Crippen LogP contribution is 2.38. The number of amides is 1. The molecule has 0 aliphatic heterocycles. The van der Waals surface area contributed by atoms with E-state index in [-0.39, 0.29) is 5.41 Å². The van der Waals surface area contributed by atoms with Gasteiger partial charge in [0.05, 0.1) is 0 Å². The highest BCUT2D eigenvalue weighted by molar-refractivity contribution is 5.67. The number of nitrogens with one attached hydrogen (secondary N) is 2. The van der Waals surface area contributed by atoms with Crippen LogP contribution in [0.15, 0.2) is 9.32 Å². The Kier molecular flexibility index (Phi) is 4.93. The third-order valence-electron chi connectivity index (χ3n) is 3.95. The van der Waals surface area contributed by atoms with Gasteiger partial charge in [0, 0.05) is 13.0 Å². The summed E-state index contributed by atoms with van der Waals surface area (Å²) < 4.78 is 9.86. The molecule has 1 aliphatic carbocycles. The summed E-state index contributed by atoms with van der Waals surface area (Å²) >= 11 is 0. The molecule has 0 aromatic carbocycles. The van der Waals surface area contributed by atoms with Crippen molar-refractivity contribution >= 4 is 6.09 Å². The second kappa shape index (κ2) is 6.54. The Morgan fingerprint density at radius 1 is 1.36 bits per heavy atom. The van der Waals surface area contributed by atoms with Crippen LogP contribution in [0.25, 0.3) is 0 Å². The molecular formula is C15H25N3O4. The van der Waals surface area contributed by atoms with Crippen molar-refractivity contribution in [2.75, 3.05) is 6.54 Å². The Labute approximate surface area is 129 Å². The van der Waals surface area contributed by atoms with Crippen molar-refractivity contribution in [2.24, 2.45) is 5.41 Å². The van der Waals surface area contributed by atoms with Crippen molar-refractivity contribution in [3.63, 3.8) is 0 Å². The first-order valence-corrected chi connectivity index (χ1v) is 7.80. The number of carbonyl (C=O) groups is 1. The first kappa shape index (κ1) is 16.6. The number of hydrogen-bond donors (Lipinski definition) is 2. The van der Waals surface area contributed by atoms with Gasteiger partial charge in [0.25, 0.3) is 0 Å². The van der Waals surface area contributed by atoms with Crippen LogP contribution in [0.3, 0.4) is 0 Å². The Morgan fingerprint density at radius 3 is 2.59 bits per heavy atom. The fourth-order valence-corrected chi connectivity index (χ4v) is 2.98. The molecule has 0 saturated heterocycles. The van der Waals surface area contributed by atoms with E-state index in [1.165, 1.54) is 6.42 Å². The zero-order chi connectivity index (χ0) is 16.2. The number of nitrogens with zero attached hydrogens (tertiary/aromatic N) is 1. The third-order valence-corrected chi connectivity index (χ3v) is 3.95. The zero-order valence-electron chi connectivity index (χ0n) is 13.5. The standard InChI is InChI=1S/C15H25N3O4/c1-14(2,3)21-12(19)16-10-15(7-5-4-6-8-15)9-11-17-13(20)22-18-11/h4-10H2,1-3H3,(H,16,19)(H,17,18,20). The van der Waals surface area contributed by atoms with E-state index in [4.69, 9.17) is 4.74 Å². The van der Waals surface area contributed by atoms with Crippen LogP contribution in [-0.4, -0.2) is 28.4 Å². The molecule has 7 nitrogen and oxygen atoms in total. The van der Waals surface area contributed by atoms with Crippen LogP contribution in [0.5, 0.6) is 0 Å². The summed E-state index contributed by atoms with van der Waals surface area (Å²) in [4.78, 5) is 25.6. The summed E-state index contributed by atoms with van der Waals surface area (Å²) in [6, 6.07) is 0. The van der Waals surface area contributed by atoms with Gasteiger partial charge in [-0.2, -0.15) is 0 Å². The van der Waals surface area contributed by atoms with Crippen LogP contribution in [0, 0.1) is 5.41 Å². The fourth-order valence-electron chi connectivity index (χ4n) is 2.98. The molecule has 1 saturated carbocycles. The molecule has 1 aromatic heterocycles. The lowest BCUT2D eigenvalue weighted by molar-refractivity contribution is 0.0480. The maximum Gasteiger partial charge on any atom is 0.438 e. The van der Waals surface area contributed by atoms with Gasteiger partial charge in [-0.25, -0.2) is 9.59 Å². The predicted molar refractivity (Wildman–Crippen MR) is 80.6 cm³/mol. The molecule has 0 atom stereocenters. The molecule has 1 fully saturated rings. The summed E-state index contributed by atoms with van der Waals surface area (Å²) in [6.45, 7) is 6.02. The Morgan fingerprint density at radius 2 is 2.05 bits per heavy atom.